The largest absolute Gasteiger partial charge is 0.327 e. The Morgan fingerprint density at radius 2 is 2.00 bits per heavy atom. The third-order valence-corrected chi connectivity index (χ3v) is 3.78. The molecule has 3 nitrogen and oxygen atoms in total. The SMILES string of the molecule is CC(C)(C)NCc1cncn1C1(C)CCCC1. The number of hydrogen-bond acceptors (Lipinski definition) is 2. The van der Waals surface area contributed by atoms with Gasteiger partial charge in [0.05, 0.1) is 12.0 Å². The van der Waals surface area contributed by atoms with Gasteiger partial charge >= 0.3 is 0 Å². The van der Waals surface area contributed by atoms with Crippen molar-refractivity contribution in [3.05, 3.63) is 18.2 Å². The second kappa shape index (κ2) is 4.45. The maximum absolute atomic E-state index is 4.34. The number of aromatic nitrogens is 2. The van der Waals surface area contributed by atoms with Gasteiger partial charge in [0.2, 0.25) is 0 Å². The highest BCUT2D eigenvalue weighted by Crippen LogP contribution is 2.36. The molecule has 1 aliphatic carbocycles. The first kappa shape index (κ1) is 12.6. The van der Waals surface area contributed by atoms with Gasteiger partial charge in [0.1, 0.15) is 0 Å². The summed E-state index contributed by atoms with van der Waals surface area (Å²) in [7, 11) is 0. The summed E-state index contributed by atoms with van der Waals surface area (Å²) in [5.41, 5.74) is 1.76. The molecule has 0 bridgehead atoms. The van der Waals surface area contributed by atoms with Crippen molar-refractivity contribution in [2.75, 3.05) is 0 Å². The molecule has 0 aromatic carbocycles. The minimum Gasteiger partial charge on any atom is -0.327 e. The van der Waals surface area contributed by atoms with Crippen molar-refractivity contribution in [1.29, 1.82) is 0 Å². The van der Waals surface area contributed by atoms with E-state index in [1.165, 1.54) is 31.4 Å². The molecular weight excluding hydrogens is 210 g/mol. The monoisotopic (exact) mass is 235 g/mol. The lowest BCUT2D eigenvalue weighted by atomic mass is 10.00. The first-order valence-corrected chi connectivity index (χ1v) is 6.67. The van der Waals surface area contributed by atoms with E-state index >= 15 is 0 Å². The van der Waals surface area contributed by atoms with Crippen LogP contribution in [-0.4, -0.2) is 15.1 Å². The summed E-state index contributed by atoms with van der Waals surface area (Å²) in [6.45, 7) is 9.86. The molecule has 0 atom stereocenters. The Labute approximate surface area is 105 Å². The van der Waals surface area contributed by atoms with Crippen LogP contribution >= 0.6 is 0 Å². The molecule has 0 aliphatic heterocycles. The Morgan fingerprint density at radius 3 is 2.59 bits per heavy atom. The molecule has 1 heterocycles. The van der Waals surface area contributed by atoms with Crippen LogP contribution in [0.25, 0.3) is 0 Å². The highest BCUT2D eigenvalue weighted by atomic mass is 15.1. The van der Waals surface area contributed by atoms with Crippen molar-refractivity contribution in [2.45, 2.75) is 71.0 Å². The standard InChI is InChI=1S/C14H25N3/c1-13(2,3)16-10-12-9-15-11-17(12)14(4)7-5-6-8-14/h9,11,16H,5-8,10H2,1-4H3. The van der Waals surface area contributed by atoms with Crippen LogP contribution in [0, 0.1) is 0 Å². The summed E-state index contributed by atoms with van der Waals surface area (Å²) < 4.78 is 2.39. The first-order chi connectivity index (χ1) is 7.91. The van der Waals surface area contributed by atoms with Gasteiger partial charge in [0.15, 0.2) is 0 Å². The fourth-order valence-electron chi connectivity index (χ4n) is 2.67. The zero-order chi connectivity index (χ0) is 12.5. The predicted molar refractivity (Wildman–Crippen MR) is 70.9 cm³/mol. The van der Waals surface area contributed by atoms with E-state index in [-0.39, 0.29) is 5.54 Å². The second-order valence-corrected chi connectivity index (χ2v) is 6.56. The van der Waals surface area contributed by atoms with E-state index in [0.29, 0.717) is 5.54 Å². The van der Waals surface area contributed by atoms with Gasteiger partial charge in [-0.1, -0.05) is 12.8 Å². The number of rotatable bonds is 3. The van der Waals surface area contributed by atoms with E-state index in [0.717, 1.165) is 6.54 Å². The number of nitrogens with zero attached hydrogens (tertiary/aromatic N) is 2. The van der Waals surface area contributed by atoms with Crippen molar-refractivity contribution in [3.8, 4) is 0 Å². The lowest BCUT2D eigenvalue weighted by molar-refractivity contribution is 0.311. The number of nitrogens with one attached hydrogen (secondary N) is 1. The molecule has 1 fully saturated rings. The molecule has 1 aromatic heterocycles. The summed E-state index contributed by atoms with van der Waals surface area (Å²) in [6.07, 6.45) is 9.27. The van der Waals surface area contributed by atoms with E-state index in [1.54, 1.807) is 0 Å². The van der Waals surface area contributed by atoms with Crippen LogP contribution in [0.5, 0.6) is 0 Å². The third kappa shape index (κ3) is 2.89. The Hall–Kier alpha value is -0.830. The van der Waals surface area contributed by atoms with Crippen LogP contribution in [0.15, 0.2) is 12.5 Å². The Kier molecular flexibility index (Phi) is 3.30. The molecule has 1 aliphatic rings. The van der Waals surface area contributed by atoms with Crippen molar-refractivity contribution < 1.29 is 0 Å². The van der Waals surface area contributed by atoms with Gasteiger partial charge in [-0.15, -0.1) is 0 Å². The lowest BCUT2D eigenvalue weighted by Gasteiger charge is -2.29. The zero-order valence-electron chi connectivity index (χ0n) is 11.6. The molecule has 96 valence electrons. The Bertz CT molecular complexity index is 367. The minimum absolute atomic E-state index is 0.158. The second-order valence-electron chi connectivity index (χ2n) is 6.56. The van der Waals surface area contributed by atoms with Crippen LogP contribution in [0.4, 0.5) is 0 Å². The normalized spacial score (nSPS) is 19.8. The van der Waals surface area contributed by atoms with Crippen LogP contribution in [0.3, 0.4) is 0 Å². The Balaban J connectivity index is 2.11. The molecular formula is C14H25N3. The fraction of sp³-hybridized carbons (Fsp3) is 0.786. The topological polar surface area (TPSA) is 29.9 Å². The van der Waals surface area contributed by atoms with Crippen LogP contribution in [0.2, 0.25) is 0 Å². The third-order valence-electron chi connectivity index (χ3n) is 3.78. The van der Waals surface area contributed by atoms with Crippen LogP contribution < -0.4 is 5.32 Å². The van der Waals surface area contributed by atoms with E-state index in [1.807, 2.05) is 12.5 Å². The van der Waals surface area contributed by atoms with Gasteiger partial charge in [-0.3, -0.25) is 0 Å². The Morgan fingerprint density at radius 1 is 1.35 bits per heavy atom. The summed E-state index contributed by atoms with van der Waals surface area (Å²) in [4.78, 5) is 4.34. The molecule has 0 saturated heterocycles. The number of imidazole rings is 1. The van der Waals surface area contributed by atoms with Crippen molar-refractivity contribution in [1.82, 2.24) is 14.9 Å². The van der Waals surface area contributed by atoms with Gasteiger partial charge in [0, 0.05) is 23.8 Å². The van der Waals surface area contributed by atoms with Crippen molar-refractivity contribution in [3.63, 3.8) is 0 Å². The average Bonchev–Trinajstić information content (AvgIpc) is 2.82. The van der Waals surface area contributed by atoms with Crippen LogP contribution in [-0.2, 0) is 12.1 Å². The molecule has 1 saturated carbocycles. The summed E-state index contributed by atoms with van der Waals surface area (Å²) >= 11 is 0. The molecule has 1 N–H and O–H groups in total. The highest BCUT2D eigenvalue weighted by molar-refractivity contribution is 5.05. The lowest BCUT2D eigenvalue weighted by Crippen LogP contribution is -2.37. The van der Waals surface area contributed by atoms with Gasteiger partial charge < -0.3 is 9.88 Å². The molecule has 3 heteroatoms. The molecule has 0 spiro atoms. The van der Waals surface area contributed by atoms with Crippen molar-refractivity contribution >= 4 is 0 Å². The zero-order valence-corrected chi connectivity index (χ0v) is 11.6. The maximum Gasteiger partial charge on any atom is 0.0953 e. The fourth-order valence-corrected chi connectivity index (χ4v) is 2.67. The first-order valence-electron chi connectivity index (χ1n) is 6.67. The maximum atomic E-state index is 4.34. The minimum atomic E-state index is 0.158. The van der Waals surface area contributed by atoms with Gasteiger partial charge in [-0.25, -0.2) is 4.98 Å². The van der Waals surface area contributed by atoms with Gasteiger partial charge in [-0.2, -0.15) is 0 Å². The van der Waals surface area contributed by atoms with E-state index in [2.05, 4.69) is 42.6 Å². The smallest absolute Gasteiger partial charge is 0.0953 e. The molecule has 0 unspecified atom stereocenters. The highest BCUT2D eigenvalue weighted by Gasteiger charge is 2.31. The molecule has 17 heavy (non-hydrogen) atoms. The summed E-state index contributed by atoms with van der Waals surface area (Å²) in [6, 6.07) is 0. The van der Waals surface area contributed by atoms with E-state index < -0.39 is 0 Å². The number of hydrogen-bond donors (Lipinski definition) is 1. The summed E-state index contributed by atoms with van der Waals surface area (Å²) in [5, 5.41) is 3.54. The molecule has 0 amide bonds. The molecule has 2 rings (SSSR count). The van der Waals surface area contributed by atoms with Crippen molar-refractivity contribution in [2.24, 2.45) is 0 Å². The molecule has 0 radical (unpaired) electrons. The predicted octanol–water partition coefficient (Wildman–Crippen LogP) is 3.06. The van der Waals surface area contributed by atoms with Crippen LogP contribution in [0.1, 0.15) is 59.1 Å². The van der Waals surface area contributed by atoms with E-state index in [9.17, 15) is 0 Å². The average molecular weight is 235 g/mol. The van der Waals surface area contributed by atoms with Gasteiger partial charge in [0.25, 0.3) is 0 Å². The summed E-state index contributed by atoms with van der Waals surface area (Å²) in [5.74, 6) is 0. The van der Waals surface area contributed by atoms with E-state index in [4.69, 9.17) is 0 Å². The van der Waals surface area contributed by atoms with Gasteiger partial charge in [-0.05, 0) is 40.5 Å². The molecule has 1 aromatic rings. The quantitative estimate of drug-likeness (QED) is 0.872.